The van der Waals surface area contributed by atoms with Crippen molar-refractivity contribution in [2.24, 2.45) is 0 Å². The van der Waals surface area contributed by atoms with Gasteiger partial charge in [-0.25, -0.2) is 0 Å². The van der Waals surface area contributed by atoms with Crippen molar-refractivity contribution in [2.75, 3.05) is 0 Å². The molecule has 11 aromatic rings. The number of halogens is 2. The van der Waals surface area contributed by atoms with E-state index in [9.17, 15) is 0 Å². The summed E-state index contributed by atoms with van der Waals surface area (Å²) in [6.45, 7) is 0. The van der Waals surface area contributed by atoms with Crippen LogP contribution in [0.3, 0.4) is 0 Å². The van der Waals surface area contributed by atoms with Gasteiger partial charge in [0.1, 0.15) is 0 Å². The Morgan fingerprint density at radius 3 is 1.57 bits per heavy atom. The Labute approximate surface area is 360 Å². The van der Waals surface area contributed by atoms with E-state index in [2.05, 4.69) is 206 Å². The number of hydrogen-bond acceptors (Lipinski definition) is 2. The van der Waals surface area contributed by atoms with E-state index in [-0.39, 0.29) is 0 Å². The number of benzene rings is 9. The van der Waals surface area contributed by atoms with Crippen LogP contribution in [-0.2, 0) is 0 Å². The van der Waals surface area contributed by atoms with E-state index < -0.39 is 39.6 Å². The molecule has 0 atom stereocenters. The monoisotopic (exact) mass is 1000 g/mol. The van der Waals surface area contributed by atoms with Crippen LogP contribution in [0.25, 0.3) is 73.7 Å². The summed E-state index contributed by atoms with van der Waals surface area (Å²) < 4.78 is 14.4. The summed E-state index contributed by atoms with van der Waals surface area (Å²) >= 11 is -0.0435. The fraction of sp³-hybridized carbons (Fsp3) is 0. The van der Waals surface area contributed by atoms with Crippen LogP contribution >= 0.6 is 62.3 Å². The van der Waals surface area contributed by atoms with Crippen LogP contribution in [0.15, 0.2) is 206 Å². The Morgan fingerprint density at radius 2 is 0.828 bits per heavy atom. The van der Waals surface area contributed by atoms with E-state index in [1.165, 1.54) is 88.0 Å². The molecule has 0 bridgehead atoms. The van der Waals surface area contributed by atoms with Crippen LogP contribution in [0.2, 0.25) is 0 Å². The molecule has 0 nitrogen and oxygen atoms in total. The van der Waals surface area contributed by atoms with Gasteiger partial charge < -0.3 is 0 Å². The number of thiophene rings is 2. The van der Waals surface area contributed by atoms with Crippen molar-refractivity contribution in [2.45, 2.75) is 0 Å². The van der Waals surface area contributed by atoms with Gasteiger partial charge in [0.25, 0.3) is 0 Å². The molecule has 9 aromatic carbocycles. The molecule has 0 N–H and O–H groups in total. The first-order chi connectivity index (χ1) is 28.7. The maximum absolute atomic E-state index is 2.52. The molecule has 3 heterocycles. The van der Waals surface area contributed by atoms with Crippen LogP contribution in [0.5, 0.6) is 0 Å². The van der Waals surface area contributed by atoms with Crippen molar-refractivity contribution >= 4 is 103 Å². The summed E-state index contributed by atoms with van der Waals surface area (Å²) in [5, 5.41) is 5.43. The molecule has 12 rings (SSSR count). The average molecular weight is 1000 g/mol. The molecule has 0 saturated carbocycles. The van der Waals surface area contributed by atoms with Gasteiger partial charge in [0.2, 0.25) is 0 Å². The Balaban J connectivity index is 0.933. The molecule has 1 aliphatic heterocycles. The predicted octanol–water partition coefficient (Wildman–Crippen LogP) is 16.6. The topological polar surface area (TPSA) is 0 Å². The summed E-state index contributed by atoms with van der Waals surface area (Å²) in [7, 11) is 0. The molecule has 0 fully saturated rings. The fourth-order valence-electron chi connectivity index (χ4n) is 8.44. The Kier molecular flexibility index (Phi) is 8.61. The van der Waals surface area contributed by atoms with Gasteiger partial charge in [-0.3, -0.25) is 0 Å². The molecule has 2 aromatic heterocycles. The quantitative estimate of drug-likeness (QED) is 0.146. The van der Waals surface area contributed by atoms with Gasteiger partial charge in [0.05, 0.1) is 0 Å². The normalized spacial score (nSPS) is 13.0. The number of hydrogen-bond donors (Lipinski definition) is 0. The second kappa shape index (κ2) is 14.3. The van der Waals surface area contributed by atoms with E-state index in [1.807, 2.05) is 22.7 Å². The van der Waals surface area contributed by atoms with Crippen molar-refractivity contribution in [3.63, 3.8) is 0 Å². The Morgan fingerprint density at radius 1 is 0.310 bits per heavy atom. The first kappa shape index (κ1) is 34.9. The third-order valence-electron chi connectivity index (χ3n) is 11.2. The second-order valence-electron chi connectivity index (χ2n) is 14.6. The molecule has 0 saturated heterocycles. The van der Waals surface area contributed by atoms with Gasteiger partial charge in [0, 0.05) is 0 Å². The van der Waals surface area contributed by atoms with Crippen LogP contribution < -0.4 is 0 Å². The molecular formula is C54H34I2S2. The van der Waals surface area contributed by atoms with Crippen LogP contribution in [0.4, 0.5) is 0 Å². The number of rotatable bonds is 6. The van der Waals surface area contributed by atoms with E-state index in [1.54, 1.807) is 7.14 Å². The second-order valence-corrected chi connectivity index (χ2v) is 27.3. The van der Waals surface area contributed by atoms with Gasteiger partial charge in [-0.1, -0.05) is 0 Å². The Bertz CT molecular complexity index is 3340. The Hall–Kier alpha value is -5.12. The average Bonchev–Trinajstić information content (AvgIpc) is 3.96. The van der Waals surface area contributed by atoms with E-state index >= 15 is 0 Å². The van der Waals surface area contributed by atoms with Crippen LogP contribution in [0, 0.1) is 21.4 Å². The predicted molar refractivity (Wildman–Crippen MR) is 268 cm³/mol. The first-order valence-corrected chi connectivity index (χ1v) is 27.6. The van der Waals surface area contributed by atoms with E-state index in [4.69, 9.17) is 0 Å². The van der Waals surface area contributed by atoms with Gasteiger partial charge in [0.15, 0.2) is 0 Å². The van der Waals surface area contributed by atoms with Crippen molar-refractivity contribution in [1.82, 2.24) is 0 Å². The molecule has 276 valence electrons. The molecule has 1 aliphatic rings. The van der Waals surface area contributed by atoms with Crippen LogP contribution in [-0.4, -0.2) is 0 Å². The fourth-order valence-corrected chi connectivity index (χ4v) is 22.4. The zero-order valence-electron chi connectivity index (χ0n) is 31.2. The van der Waals surface area contributed by atoms with Crippen molar-refractivity contribution in [1.29, 1.82) is 0 Å². The zero-order valence-corrected chi connectivity index (χ0v) is 37.2. The third-order valence-corrected chi connectivity index (χ3v) is 25.5. The van der Waals surface area contributed by atoms with Crippen molar-refractivity contribution < 1.29 is 0 Å². The SMILES string of the molecule is c1ccc(I2c3ccccc3-c3cc(-c4ccc(I(c5ccc(-c6ccc7c(c6)sc6ccccc67)cc5)c5ccc6sc7ccccc7c6c5)cc4)ccc32)cc1. The molecule has 0 spiro atoms. The molecule has 0 radical (unpaired) electrons. The molecule has 4 heteroatoms. The minimum absolute atomic E-state index is 1.27. The molecule has 0 aliphatic carbocycles. The van der Waals surface area contributed by atoms with Gasteiger partial charge in [-0.15, -0.1) is 0 Å². The van der Waals surface area contributed by atoms with E-state index in [0.717, 1.165) is 0 Å². The summed E-state index contributed by atoms with van der Waals surface area (Å²) in [6, 6.07) is 78.7. The van der Waals surface area contributed by atoms with Crippen molar-refractivity contribution in [3.05, 3.63) is 228 Å². The zero-order chi connectivity index (χ0) is 38.2. The maximum atomic E-state index is 2.52. The van der Waals surface area contributed by atoms with Crippen molar-refractivity contribution in [3.8, 4) is 33.4 Å². The standard InChI is InChI=1S/C54H34I2S2/c1-2-10-39(11-3-1)56-49-15-7-4-12-43(49)47-32-37(23-30-50(47)56)35-18-24-40(25-19-35)55(42-28-31-53-48(34-42)45-14-6-9-17-52(45)57-53)41-26-20-36(21-27-41)38-22-29-46-44-13-5-8-16-51(44)58-54(46)33-38/h1-34H. The van der Waals surface area contributed by atoms with Gasteiger partial charge in [-0.05, 0) is 0 Å². The number of fused-ring (bicyclic) bond motifs is 9. The van der Waals surface area contributed by atoms with Gasteiger partial charge >= 0.3 is 364 Å². The summed E-state index contributed by atoms with van der Waals surface area (Å²) in [5.41, 5.74) is 7.95. The summed E-state index contributed by atoms with van der Waals surface area (Å²) in [5.74, 6) is 0. The first-order valence-electron chi connectivity index (χ1n) is 19.4. The molecule has 0 amide bonds. The summed E-state index contributed by atoms with van der Waals surface area (Å²) in [4.78, 5) is 0. The molecule has 58 heavy (non-hydrogen) atoms. The van der Waals surface area contributed by atoms with E-state index in [0.29, 0.717) is 0 Å². The third kappa shape index (κ3) is 5.87. The minimum atomic E-state index is -2.10. The summed E-state index contributed by atoms with van der Waals surface area (Å²) in [6.07, 6.45) is 0. The van der Waals surface area contributed by atoms with Gasteiger partial charge in [-0.2, -0.15) is 0 Å². The molecule has 0 unspecified atom stereocenters. The van der Waals surface area contributed by atoms with Crippen LogP contribution in [0.1, 0.15) is 0 Å². The molecular weight excluding hydrogens is 967 g/mol.